The van der Waals surface area contributed by atoms with Crippen LogP contribution in [0, 0.1) is 0 Å². The molecule has 1 aromatic rings. The number of H-pyrrole nitrogens is 1. The van der Waals surface area contributed by atoms with Gasteiger partial charge in [-0.2, -0.15) is 0 Å². The summed E-state index contributed by atoms with van der Waals surface area (Å²) in [5.74, 6) is -0.115. The van der Waals surface area contributed by atoms with Crippen molar-refractivity contribution in [1.29, 1.82) is 0 Å². The van der Waals surface area contributed by atoms with Crippen LogP contribution in [-0.4, -0.2) is 28.9 Å². The monoisotopic (exact) mass is 208 g/mol. The Morgan fingerprint density at radius 3 is 2.80 bits per heavy atom. The van der Waals surface area contributed by atoms with Crippen molar-refractivity contribution in [2.24, 2.45) is 0 Å². The smallest absolute Gasteiger partial charge is 0.254 e. The lowest BCUT2D eigenvalue weighted by Gasteiger charge is -2.23. The molecule has 4 nitrogen and oxygen atoms in total. The van der Waals surface area contributed by atoms with Gasteiger partial charge in [-0.25, -0.2) is 0 Å². The first kappa shape index (κ1) is 11.5. The first-order valence-corrected chi connectivity index (χ1v) is 5.02. The Morgan fingerprint density at radius 1 is 1.60 bits per heavy atom. The van der Waals surface area contributed by atoms with Crippen LogP contribution < -0.4 is 5.56 Å². The molecule has 0 radical (unpaired) electrons. The molecule has 82 valence electrons. The van der Waals surface area contributed by atoms with E-state index in [1.54, 1.807) is 18.0 Å². The number of nitrogens with one attached hydrogen (secondary N) is 1. The molecule has 1 unspecified atom stereocenters. The van der Waals surface area contributed by atoms with Gasteiger partial charge in [0.05, 0.1) is 0 Å². The molecule has 1 amide bonds. The molecule has 1 atom stereocenters. The fourth-order valence-electron chi connectivity index (χ4n) is 1.26. The van der Waals surface area contributed by atoms with E-state index in [1.165, 1.54) is 12.3 Å². The van der Waals surface area contributed by atoms with E-state index in [4.69, 9.17) is 0 Å². The zero-order valence-electron chi connectivity index (χ0n) is 9.28. The standard InChI is InChI=1S/C11H16N2O2/c1-4-8(2)13(3)11(15)9-5-6-12-10(14)7-9/h5-8H,4H2,1-3H3,(H,12,14). The summed E-state index contributed by atoms with van der Waals surface area (Å²) >= 11 is 0. The van der Waals surface area contributed by atoms with Crippen molar-refractivity contribution in [2.45, 2.75) is 26.3 Å². The van der Waals surface area contributed by atoms with Gasteiger partial charge in [0, 0.05) is 30.9 Å². The van der Waals surface area contributed by atoms with Crippen LogP contribution in [0.3, 0.4) is 0 Å². The number of rotatable bonds is 3. The second-order valence-corrected chi connectivity index (χ2v) is 3.61. The quantitative estimate of drug-likeness (QED) is 0.812. The van der Waals surface area contributed by atoms with Crippen molar-refractivity contribution in [2.75, 3.05) is 7.05 Å². The first-order chi connectivity index (χ1) is 7.06. The van der Waals surface area contributed by atoms with Crippen LogP contribution in [0.25, 0.3) is 0 Å². The third-order valence-electron chi connectivity index (χ3n) is 2.59. The highest BCUT2D eigenvalue weighted by atomic mass is 16.2. The fourth-order valence-corrected chi connectivity index (χ4v) is 1.26. The number of aromatic nitrogens is 1. The number of nitrogens with zero attached hydrogens (tertiary/aromatic N) is 1. The zero-order valence-corrected chi connectivity index (χ0v) is 9.28. The molecule has 15 heavy (non-hydrogen) atoms. The molecule has 0 bridgehead atoms. The Bertz CT molecular complexity index is 398. The molecule has 1 aromatic heterocycles. The van der Waals surface area contributed by atoms with Crippen molar-refractivity contribution >= 4 is 5.91 Å². The zero-order chi connectivity index (χ0) is 11.4. The summed E-state index contributed by atoms with van der Waals surface area (Å²) in [4.78, 5) is 27.0. The van der Waals surface area contributed by atoms with Crippen LogP contribution in [0.15, 0.2) is 23.1 Å². The molecule has 0 saturated carbocycles. The largest absolute Gasteiger partial charge is 0.339 e. The minimum atomic E-state index is -0.251. The average Bonchev–Trinajstić information content (AvgIpc) is 2.26. The van der Waals surface area contributed by atoms with Crippen molar-refractivity contribution < 1.29 is 4.79 Å². The van der Waals surface area contributed by atoms with Crippen molar-refractivity contribution in [3.05, 3.63) is 34.2 Å². The lowest BCUT2D eigenvalue weighted by molar-refractivity contribution is 0.0740. The predicted molar refractivity (Wildman–Crippen MR) is 58.9 cm³/mol. The van der Waals surface area contributed by atoms with Gasteiger partial charge in [0.1, 0.15) is 0 Å². The summed E-state index contributed by atoms with van der Waals surface area (Å²) in [6, 6.07) is 3.11. The maximum absolute atomic E-state index is 11.9. The highest BCUT2D eigenvalue weighted by Gasteiger charge is 2.15. The Kier molecular flexibility index (Phi) is 3.66. The van der Waals surface area contributed by atoms with E-state index in [-0.39, 0.29) is 17.5 Å². The van der Waals surface area contributed by atoms with Crippen LogP contribution in [0.5, 0.6) is 0 Å². The molecule has 0 aliphatic carbocycles. The van der Waals surface area contributed by atoms with Crippen molar-refractivity contribution in [3.8, 4) is 0 Å². The number of aromatic amines is 1. The van der Waals surface area contributed by atoms with Crippen LogP contribution in [0.2, 0.25) is 0 Å². The summed E-state index contributed by atoms with van der Waals surface area (Å²) in [7, 11) is 1.75. The van der Waals surface area contributed by atoms with E-state index in [9.17, 15) is 9.59 Å². The summed E-state index contributed by atoms with van der Waals surface area (Å²) < 4.78 is 0. The van der Waals surface area contributed by atoms with E-state index in [1.807, 2.05) is 13.8 Å². The van der Waals surface area contributed by atoms with Gasteiger partial charge in [0.2, 0.25) is 5.56 Å². The summed E-state index contributed by atoms with van der Waals surface area (Å²) in [6.45, 7) is 4.00. The lowest BCUT2D eigenvalue weighted by Crippen LogP contribution is -2.35. The fraction of sp³-hybridized carbons (Fsp3) is 0.455. The van der Waals surface area contributed by atoms with Gasteiger partial charge >= 0.3 is 0 Å². The number of carbonyl (C=O) groups excluding carboxylic acids is 1. The van der Waals surface area contributed by atoms with E-state index in [0.717, 1.165) is 6.42 Å². The number of hydrogen-bond donors (Lipinski definition) is 1. The highest BCUT2D eigenvalue weighted by Crippen LogP contribution is 2.06. The maximum atomic E-state index is 11.9. The molecule has 0 fully saturated rings. The normalized spacial score (nSPS) is 12.2. The van der Waals surface area contributed by atoms with Gasteiger partial charge in [0.15, 0.2) is 0 Å². The number of amides is 1. The summed E-state index contributed by atoms with van der Waals surface area (Å²) in [6.07, 6.45) is 2.38. The topological polar surface area (TPSA) is 53.2 Å². The second-order valence-electron chi connectivity index (χ2n) is 3.61. The van der Waals surface area contributed by atoms with Crippen molar-refractivity contribution in [1.82, 2.24) is 9.88 Å². The Balaban J connectivity index is 2.90. The van der Waals surface area contributed by atoms with Gasteiger partial charge in [-0.1, -0.05) is 6.92 Å². The molecule has 0 spiro atoms. The van der Waals surface area contributed by atoms with Crippen LogP contribution in [0.4, 0.5) is 0 Å². The van der Waals surface area contributed by atoms with E-state index < -0.39 is 0 Å². The number of carbonyl (C=O) groups is 1. The van der Waals surface area contributed by atoms with E-state index >= 15 is 0 Å². The summed E-state index contributed by atoms with van der Waals surface area (Å²) in [5, 5.41) is 0. The summed E-state index contributed by atoms with van der Waals surface area (Å²) in [5.41, 5.74) is 0.181. The molecule has 1 rings (SSSR count). The van der Waals surface area contributed by atoms with Gasteiger partial charge in [-0.15, -0.1) is 0 Å². The third kappa shape index (κ3) is 2.68. The minimum absolute atomic E-state index is 0.115. The van der Waals surface area contributed by atoms with Gasteiger partial charge in [-0.3, -0.25) is 9.59 Å². The molecular weight excluding hydrogens is 192 g/mol. The third-order valence-corrected chi connectivity index (χ3v) is 2.59. The molecule has 0 aliphatic heterocycles. The highest BCUT2D eigenvalue weighted by molar-refractivity contribution is 5.94. The number of hydrogen-bond acceptors (Lipinski definition) is 2. The van der Waals surface area contributed by atoms with E-state index in [2.05, 4.69) is 4.98 Å². The molecule has 0 aliphatic rings. The van der Waals surface area contributed by atoms with Crippen LogP contribution >= 0.6 is 0 Å². The van der Waals surface area contributed by atoms with Crippen LogP contribution in [0.1, 0.15) is 30.6 Å². The molecule has 0 aromatic carbocycles. The molecular formula is C11H16N2O2. The Morgan fingerprint density at radius 2 is 2.27 bits per heavy atom. The molecule has 4 heteroatoms. The molecule has 0 saturated heterocycles. The number of pyridine rings is 1. The molecule has 1 heterocycles. The first-order valence-electron chi connectivity index (χ1n) is 5.02. The Labute approximate surface area is 88.9 Å². The SMILES string of the molecule is CCC(C)N(C)C(=O)c1cc[nH]c(=O)c1. The molecule has 1 N–H and O–H groups in total. The van der Waals surface area contributed by atoms with Gasteiger partial charge in [0.25, 0.3) is 5.91 Å². The van der Waals surface area contributed by atoms with E-state index in [0.29, 0.717) is 5.56 Å². The minimum Gasteiger partial charge on any atom is -0.339 e. The predicted octanol–water partition coefficient (Wildman–Crippen LogP) is 1.25. The maximum Gasteiger partial charge on any atom is 0.254 e. The van der Waals surface area contributed by atoms with Gasteiger partial charge in [-0.05, 0) is 19.4 Å². The van der Waals surface area contributed by atoms with Gasteiger partial charge < -0.3 is 9.88 Å². The Hall–Kier alpha value is -1.58. The second kappa shape index (κ2) is 4.77. The van der Waals surface area contributed by atoms with Crippen LogP contribution in [-0.2, 0) is 0 Å². The lowest BCUT2D eigenvalue weighted by atomic mass is 10.2. The van der Waals surface area contributed by atoms with Crippen molar-refractivity contribution in [3.63, 3.8) is 0 Å². The average molecular weight is 208 g/mol.